The minimum absolute atomic E-state index is 0.107. The molecule has 1 unspecified atom stereocenters. The molecule has 1 rings (SSSR count). The first-order valence-corrected chi connectivity index (χ1v) is 5.44. The van der Waals surface area contributed by atoms with E-state index in [1.54, 1.807) is 0 Å². The second-order valence-corrected chi connectivity index (χ2v) is 3.82. The van der Waals surface area contributed by atoms with E-state index in [1.807, 2.05) is 0 Å². The highest BCUT2D eigenvalue weighted by molar-refractivity contribution is 4.68. The minimum Gasteiger partial charge on any atom is -0.395 e. The van der Waals surface area contributed by atoms with Gasteiger partial charge in [-0.3, -0.25) is 0 Å². The number of aliphatic hydroxyl groups excluding tert-OH is 2. The zero-order chi connectivity index (χ0) is 10.2. The highest BCUT2D eigenvalue weighted by atomic mass is 16.5. The fourth-order valence-electron chi connectivity index (χ4n) is 1.71. The van der Waals surface area contributed by atoms with Gasteiger partial charge >= 0.3 is 0 Å². The molecular formula is C10H21NO3. The molecule has 0 aliphatic heterocycles. The predicted octanol–water partition coefficient (Wildman–Crippen LogP) is -0.112. The van der Waals surface area contributed by atoms with E-state index in [0.29, 0.717) is 25.8 Å². The summed E-state index contributed by atoms with van der Waals surface area (Å²) >= 11 is 0. The zero-order valence-corrected chi connectivity index (χ0v) is 8.61. The molecule has 0 bridgehead atoms. The first-order valence-electron chi connectivity index (χ1n) is 5.44. The summed E-state index contributed by atoms with van der Waals surface area (Å²) in [5.74, 6) is 0. The molecular weight excluding hydrogens is 182 g/mol. The van der Waals surface area contributed by atoms with Gasteiger partial charge in [0.2, 0.25) is 0 Å². The third-order valence-electron chi connectivity index (χ3n) is 2.50. The van der Waals surface area contributed by atoms with Crippen LogP contribution < -0.4 is 5.32 Å². The Hall–Kier alpha value is -0.160. The molecule has 0 radical (unpaired) electrons. The Morgan fingerprint density at radius 1 is 1.36 bits per heavy atom. The van der Waals surface area contributed by atoms with Crippen molar-refractivity contribution >= 4 is 0 Å². The molecule has 1 aliphatic rings. The molecule has 1 aliphatic carbocycles. The second kappa shape index (κ2) is 7.17. The van der Waals surface area contributed by atoms with Gasteiger partial charge in [-0.15, -0.1) is 0 Å². The Labute approximate surface area is 85.3 Å². The van der Waals surface area contributed by atoms with Gasteiger partial charge in [0.05, 0.1) is 25.4 Å². The number of nitrogens with one attached hydrogen (secondary N) is 1. The van der Waals surface area contributed by atoms with Crippen LogP contribution in [0.25, 0.3) is 0 Å². The van der Waals surface area contributed by atoms with E-state index in [0.717, 1.165) is 12.8 Å². The Morgan fingerprint density at radius 2 is 2.07 bits per heavy atom. The van der Waals surface area contributed by atoms with Crippen molar-refractivity contribution in [2.75, 3.05) is 26.3 Å². The lowest BCUT2D eigenvalue weighted by Crippen LogP contribution is -2.33. The average Bonchev–Trinajstić information content (AvgIpc) is 2.68. The fourth-order valence-corrected chi connectivity index (χ4v) is 1.71. The Kier molecular flexibility index (Phi) is 6.10. The molecule has 0 spiro atoms. The van der Waals surface area contributed by atoms with Gasteiger partial charge in [-0.05, 0) is 12.8 Å². The molecule has 1 saturated carbocycles. The van der Waals surface area contributed by atoms with Crippen LogP contribution in [0, 0.1) is 0 Å². The smallest absolute Gasteiger partial charge is 0.0897 e. The SMILES string of the molecule is OCCNCC(O)COC1CCCC1. The molecule has 0 amide bonds. The summed E-state index contributed by atoms with van der Waals surface area (Å²) < 4.78 is 5.54. The van der Waals surface area contributed by atoms with Crippen molar-refractivity contribution in [1.29, 1.82) is 0 Å². The number of ether oxygens (including phenoxy) is 1. The van der Waals surface area contributed by atoms with E-state index in [2.05, 4.69) is 5.32 Å². The third-order valence-corrected chi connectivity index (χ3v) is 2.50. The van der Waals surface area contributed by atoms with Crippen molar-refractivity contribution in [2.45, 2.75) is 37.9 Å². The Balaban J connectivity index is 1.93. The maximum absolute atomic E-state index is 9.47. The molecule has 14 heavy (non-hydrogen) atoms. The molecule has 1 atom stereocenters. The van der Waals surface area contributed by atoms with Gasteiger partial charge in [-0.25, -0.2) is 0 Å². The van der Waals surface area contributed by atoms with E-state index < -0.39 is 6.10 Å². The summed E-state index contributed by atoms with van der Waals surface area (Å²) in [6.07, 6.45) is 4.69. The van der Waals surface area contributed by atoms with E-state index in [1.165, 1.54) is 12.8 Å². The fraction of sp³-hybridized carbons (Fsp3) is 1.00. The van der Waals surface area contributed by atoms with Crippen molar-refractivity contribution in [3.05, 3.63) is 0 Å². The number of rotatable bonds is 7. The van der Waals surface area contributed by atoms with Crippen LogP contribution >= 0.6 is 0 Å². The third kappa shape index (κ3) is 4.91. The summed E-state index contributed by atoms with van der Waals surface area (Å²) in [6, 6.07) is 0. The molecule has 3 N–H and O–H groups in total. The maximum atomic E-state index is 9.47. The van der Waals surface area contributed by atoms with Crippen LogP contribution in [0.1, 0.15) is 25.7 Å². The highest BCUT2D eigenvalue weighted by Gasteiger charge is 2.16. The predicted molar refractivity (Wildman–Crippen MR) is 54.2 cm³/mol. The molecule has 0 saturated heterocycles. The van der Waals surface area contributed by atoms with E-state index in [-0.39, 0.29) is 6.61 Å². The maximum Gasteiger partial charge on any atom is 0.0897 e. The topological polar surface area (TPSA) is 61.7 Å². The molecule has 84 valence electrons. The van der Waals surface area contributed by atoms with Crippen LogP contribution in [-0.2, 0) is 4.74 Å². The average molecular weight is 203 g/mol. The Morgan fingerprint density at radius 3 is 2.71 bits per heavy atom. The quantitative estimate of drug-likeness (QED) is 0.505. The molecule has 4 nitrogen and oxygen atoms in total. The summed E-state index contributed by atoms with van der Waals surface area (Å²) in [6.45, 7) is 1.53. The summed E-state index contributed by atoms with van der Waals surface area (Å²) in [4.78, 5) is 0. The molecule has 0 aromatic carbocycles. The lowest BCUT2D eigenvalue weighted by Gasteiger charge is -2.15. The summed E-state index contributed by atoms with van der Waals surface area (Å²) in [7, 11) is 0. The number of hydrogen-bond acceptors (Lipinski definition) is 4. The van der Waals surface area contributed by atoms with Crippen LogP contribution in [0.15, 0.2) is 0 Å². The van der Waals surface area contributed by atoms with Crippen LogP contribution in [0.5, 0.6) is 0 Å². The normalized spacial score (nSPS) is 20.1. The molecule has 0 aromatic rings. The van der Waals surface area contributed by atoms with Crippen LogP contribution in [-0.4, -0.2) is 48.7 Å². The van der Waals surface area contributed by atoms with E-state index in [9.17, 15) is 5.11 Å². The first kappa shape index (κ1) is 11.9. The number of hydrogen-bond donors (Lipinski definition) is 3. The highest BCUT2D eigenvalue weighted by Crippen LogP contribution is 2.20. The van der Waals surface area contributed by atoms with Crippen LogP contribution in [0.2, 0.25) is 0 Å². The van der Waals surface area contributed by atoms with Crippen molar-refractivity contribution in [2.24, 2.45) is 0 Å². The van der Waals surface area contributed by atoms with Crippen molar-refractivity contribution < 1.29 is 14.9 Å². The van der Waals surface area contributed by atoms with Crippen molar-refractivity contribution in [1.82, 2.24) is 5.32 Å². The molecule has 4 heteroatoms. The van der Waals surface area contributed by atoms with E-state index >= 15 is 0 Å². The van der Waals surface area contributed by atoms with Gasteiger partial charge in [-0.1, -0.05) is 12.8 Å². The van der Waals surface area contributed by atoms with Crippen molar-refractivity contribution in [3.8, 4) is 0 Å². The lowest BCUT2D eigenvalue weighted by molar-refractivity contribution is -0.00558. The van der Waals surface area contributed by atoms with Gasteiger partial charge in [0.1, 0.15) is 0 Å². The van der Waals surface area contributed by atoms with Gasteiger partial charge in [0.25, 0.3) is 0 Å². The van der Waals surface area contributed by atoms with Gasteiger partial charge < -0.3 is 20.3 Å². The second-order valence-electron chi connectivity index (χ2n) is 3.82. The lowest BCUT2D eigenvalue weighted by atomic mass is 10.3. The summed E-state index contributed by atoms with van der Waals surface area (Å²) in [5, 5.41) is 20.9. The largest absolute Gasteiger partial charge is 0.395 e. The standard InChI is InChI=1S/C10H21NO3/c12-6-5-11-7-9(13)8-14-10-3-1-2-4-10/h9-13H,1-8H2. The van der Waals surface area contributed by atoms with Crippen LogP contribution in [0.3, 0.4) is 0 Å². The minimum atomic E-state index is -0.456. The monoisotopic (exact) mass is 203 g/mol. The number of aliphatic hydroxyl groups is 2. The summed E-state index contributed by atoms with van der Waals surface area (Å²) in [5.41, 5.74) is 0. The van der Waals surface area contributed by atoms with Crippen LogP contribution in [0.4, 0.5) is 0 Å². The Bertz CT molecular complexity index is 137. The van der Waals surface area contributed by atoms with E-state index in [4.69, 9.17) is 9.84 Å². The van der Waals surface area contributed by atoms with Crippen molar-refractivity contribution in [3.63, 3.8) is 0 Å². The molecule has 1 fully saturated rings. The first-order chi connectivity index (χ1) is 6.83. The van der Waals surface area contributed by atoms with Gasteiger partial charge in [0.15, 0.2) is 0 Å². The van der Waals surface area contributed by atoms with Gasteiger partial charge in [-0.2, -0.15) is 0 Å². The molecule has 0 aromatic heterocycles. The van der Waals surface area contributed by atoms with Gasteiger partial charge in [0, 0.05) is 13.1 Å². The zero-order valence-electron chi connectivity index (χ0n) is 8.61. The molecule has 0 heterocycles.